The fraction of sp³-hybridized carbons (Fsp3) is 1.00. The van der Waals surface area contributed by atoms with Crippen LogP contribution in [0, 0.1) is 11.3 Å². The average molecular weight is 157 g/mol. The van der Waals surface area contributed by atoms with Crippen molar-refractivity contribution in [1.29, 1.82) is 0 Å². The Balaban J connectivity index is 2.45. The Morgan fingerprint density at radius 2 is 2.27 bits per heavy atom. The van der Waals surface area contributed by atoms with Crippen LogP contribution in [-0.4, -0.2) is 24.8 Å². The lowest BCUT2D eigenvalue weighted by molar-refractivity contribution is 0.119. The van der Waals surface area contributed by atoms with Crippen molar-refractivity contribution in [2.24, 2.45) is 11.3 Å². The molecule has 1 unspecified atom stereocenters. The summed E-state index contributed by atoms with van der Waals surface area (Å²) in [5, 5.41) is 12.5. The molecule has 1 aliphatic rings. The maximum atomic E-state index is 9.23. The topological polar surface area (TPSA) is 32.3 Å². The van der Waals surface area contributed by atoms with Gasteiger partial charge in [0.25, 0.3) is 0 Å². The second-order valence-corrected chi connectivity index (χ2v) is 4.18. The molecular formula is C9H19NO. The molecule has 2 N–H and O–H groups in total. The van der Waals surface area contributed by atoms with Crippen molar-refractivity contribution in [3.05, 3.63) is 0 Å². The van der Waals surface area contributed by atoms with E-state index < -0.39 is 0 Å². The zero-order valence-corrected chi connectivity index (χ0v) is 7.56. The molecule has 0 amide bonds. The molecule has 11 heavy (non-hydrogen) atoms. The monoisotopic (exact) mass is 157 g/mol. The summed E-state index contributed by atoms with van der Waals surface area (Å²) < 4.78 is 0. The molecule has 1 rings (SSSR count). The lowest BCUT2D eigenvalue weighted by Gasteiger charge is -2.27. The highest BCUT2D eigenvalue weighted by atomic mass is 16.3. The second-order valence-electron chi connectivity index (χ2n) is 4.18. The van der Waals surface area contributed by atoms with Crippen molar-refractivity contribution >= 4 is 0 Å². The number of aliphatic hydroxyl groups excluding tert-OH is 1. The zero-order valence-electron chi connectivity index (χ0n) is 7.56. The van der Waals surface area contributed by atoms with E-state index in [-0.39, 0.29) is 5.41 Å². The van der Waals surface area contributed by atoms with Gasteiger partial charge in [0.2, 0.25) is 0 Å². The second kappa shape index (κ2) is 3.55. The molecule has 0 aromatic carbocycles. The molecule has 1 fully saturated rings. The first kappa shape index (κ1) is 9.01. The van der Waals surface area contributed by atoms with Gasteiger partial charge in [-0.25, -0.2) is 0 Å². The quantitative estimate of drug-likeness (QED) is 0.640. The van der Waals surface area contributed by atoms with Crippen LogP contribution >= 0.6 is 0 Å². The van der Waals surface area contributed by atoms with Crippen molar-refractivity contribution in [3.63, 3.8) is 0 Å². The molecule has 0 aromatic rings. The van der Waals surface area contributed by atoms with Gasteiger partial charge in [0.1, 0.15) is 0 Å². The Hall–Kier alpha value is -0.0800. The molecule has 0 radical (unpaired) electrons. The predicted octanol–water partition coefficient (Wildman–Crippen LogP) is 1.00. The van der Waals surface area contributed by atoms with Crippen LogP contribution in [0.15, 0.2) is 0 Å². The molecule has 2 nitrogen and oxygen atoms in total. The highest BCUT2D eigenvalue weighted by Gasteiger charge is 2.33. The first-order chi connectivity index (χ1) is 5.18. The van der Waals surface area contributed by atoms with Crippen molar-refractivity contribution in [3.8, 4) is 0 Å². The molecular weight excluding hydrogens is 138 g/mol. The molecule has 1 aliphatic heterocycles. The van der Waals surface area contributed by atoms with Crippen LogP contribution in [0.1, 0.15) is 26.7 Å². The molecule has 1 saturated heterocycles. The third kappa shape index (κ3) is 2.17. The molecule has 2 heteroatoms. The highest BCUT2D eigenvalue weighted by Crippen LogP contribution is 2.31. The van der Waals surface area contributed by atoms with Gasteiger partial charge in [0.15, 0.2) is 0 Å². The van der Waals surface area contributed by atoms with Crippen LogP contribution in [0.3, 0.4) is 0 Å². The Bertz CT molecular complexity index is 117. The number of rotatable bonds is 3. The van der Waals surface area contributed by atoms with Crippen LogP contribution in [0.2, 0.25) is 0 Å². The summed E-state index contributed by atoms with van der Waals surface area (Å²) in [5.41, 5.74) is 0.203. The zero-order chi connectivity index (χ0) is 8.32. The van der Waals surface area contributed by atoms with Crippen LogP contribution in [0.4, 0.5) is 0 Å². The molecule has 1 heterocycles. The van der Waals surface area contributed by atoms with E-state index in [1.807, 2.05) is 0 Å². The number of hydrogen-bond donors (Lipinski definition) is 2. The minimum atomic E-state index is 0.203. The summed E-state index contributed by atoms with van der Waals surface area (Å²) in [5.74, 6) is 0.696. The van der Waals surface area contributed by atoms with Crippen molar-refractivity contribution in [2.75, 3.05) is 19.7 Å². The molecule has 0 aromatic heterocycles. The molecule has 0 spiro atoms. The maximum absolute atomic E-state index is 9.23. The van der Waals surface area contributed by atoms with Gasteiger partial charge in [-0.15, -0.1) is 0 Å². The van der Waals surface area contributed by atoms with E-state index in [0.29, 0.717) is 12.5 Å². The van der Waals surface area contributed by atoms with Crippen LogP contribution in [-0.2, 0) is 0 Å². The van der Waals surface area contributed by atoms with E-state index in [9.17, 15) is 5.11 Å². The summed E-state index contributed by atoms with van der Waals surface area (Å²) in [4.78, 5) is 0. The van der Waals surface area contributed by atoms with Gasteiger partial charge in [0, 0.05) is 18.6 Å². The SMILES string of the molecule is CC(C)CC1(CO)CCNC1. The molecule has 66 valence electrons. The Morgan fingerprint density at radius 1 is 1.55 bits per heavy atom. The summed E-state index contributed by atoms with van der Waals surface area (Å²) >= 11 is 0. The third-order valence-corrected chi connectivity index (χ3v) is 2.51. The molecule has 1 atom stereocenters. The van der Waals surface area contributed by atoms with Crippen LogP contribution in [0.5, 0.6) is 0 Å². The van der Waals surface area contributed by atoms with E-state index in [0.717, 1.165) is 25.9 Å². The summed E-state index contributed by atoms with van der Waals surface area (Å²) in [6.45, 7) is 6.86. The predicted molar refractivity (Wildman–Crippen MR) is 46.5 cm³/mol. The van der Waals surface area contributed by atoms with Gasteiger partial charge < -0.3 is 10.4 Å². The molecule has 0 bridgehead atoms. The average Bonchev–Trinajstić information content (AvgIpc) is 2.36. The highest BCUT2D eigenvalue weighted by molar-refractivity contribution is 4.87. The summed E-state index contributed by atoms with van der Waals surface area (Å²) in [7, 11) is 0. The van der Waals surface area contributed by atoms with Gasteiger partial charge >= 0.3 is 0 Å². The van der Waals surface area contributed by atoms with E-state index in [2.05, 4.69) is 19.2 Å². The van der Waals surface area contributed by atoms with Gasteiger partial charge in [-0.05, 0) is 25.3 Å². The van der Waals surface area contributed by atoms with E-state index in [1.165, 1.54) is 0 Å². The lowest BCUT2D eigenvalue weighted by atomic mass is 9.80. The lowest BCUT2D eigenvalue weighted by Crippen LogP contribution is -2.29. The number of hydrogen-bond acceptors (Lipinski definition) is 2. The van der Waals surface area contributed by atoms with Gasteiger partial charge in [-0.1, -0.05) is 13.8 Å². The van der Waals surface area contributed by atoms with Crippen LogP contribution < -0.4 is 5.32 Å². The fourth-order valence-corrected chi connectivity index (χ4v) is 2.04. The van der Waals surface area contributed by atoms with E-state index >= 15 is 0 Å². The normalized spacial score (nSPS) is 31.6. The van der Waals surface area contributed by atoms with Crippen LogP contribution in [0.25, 0.3) is 0 Å². The standard InChI is InChI=1S/C9H19NO/c1-8(2)5-9(7-11)3-4-10-6-9/h8,10-11H,3-7H2,1-2H3. The third-order valence-electron chi connectivity index (χ3n) is 2.51. The number of nitrogens with one attached hydrogen (secondary N) is 1. The van der Waals surface area contributed by atoms with E-state index in [4.69, 9.17) is 0 Å². The number of aliphatic hydroxyl groups is 1. The van der Waals surface area contributed by atoms with Crippen molar-refractivity contribution < 1.29 is 5.11 Å². The molecule has 0 aliphatic carbocycles. The van der Waals surface area contributed by atoms with Gasteiger partial charge in [0.05, 0.1) is 0 Å². The fourth-order valence-electron chi connectivity index (χ4n) is 2.04. The Kier molecular flexibility index (Phi) is 2.90. The van der Waals surface area contributed by atoms with Gasteiger partial charge in [-0.2, -0.15) is 0 Å². The first-order valence-corrected chi connectivity index (χ1v) is 4.50. The summed E-state index contributed by atoms with van der Waals surface area (Å²) in [6, 6.07) is 0. The Morgan fingerprint density at radius 3 is 2.64 bits per heavy atom. The van der Waals surface area contributed by atoms with Gasteiger partial charge in [-0.3, -0.25) is 0 Å². The first-order valence-electron chi connectivity index (χ1n) is 4.50. The smallest absolute Gasteiger partial charge is 0.0500 e. The van der Waals surface area contributed by atoms with E-state index in [1.54, 1.807) is 0 Å². The molecule has 0 saturated carbocycles. The largest absolute Gasteiger partial charge is 0.396 e. The Labute approximate surface area is 69.0 Å². The van der Waals surface area contributed by atoms with Crippen molar-refractivity contribution in [2.45, 2.75) is 26.7 Å². The minimum Gasteiger partial charge on any atom is -0.396 e. The minimum absolute atomic E-state index is 0.203. The summed E-state index contributed by atoms with van der Waals surface area (Å²) in [6.07, 6.45) is 2.29. The van der Waals surface area contributed by atoms with Crippen molar-refractivity contribution in [1.82, 2.24) is 5.32 Å². The maximum Gasteiger partial charge on any atom is 0.0500 e.